The minimum absolute atomic E-state index is 0.140. The number of nitrogens with two attached hydrogens (primary N) is 1. The van der Waals surface area contributed by atoms with Crippen LogP contribution in [0, 0.1) is 0 Å². The quantitative estimate of drug-likeness (QED) is 0.638. The Morgan fingerprint density at radius 2 is 1.81 bits per heavy atom. The van der Waals surface area contributed by atoms with Crippen LogP contribution in [0.3, 0.4) is 0 Å². The first-order chi connectivity index (χ1) is 9.74. The zero-order valence-electron chi connectivity index (χ0n) is 11.1. The van der Waals surface area contributed by atoms with E-state index in [2.05, 4.69) is 4.74 Å². The average Bonchev–Trinajstić information content (AvgIpc) is 2.44. The molecule has 2 N–H and O–H groups in total. The Morgan fingerprint density at radius 1 is 1.24 bits per heavy atom. The van der Waals surface area contributed by atoms with Crippen LogP contribution in [0.1, 0.15) is 12.0 Å². The number of benzene rings is 1. The Hall–Kier alpha value is -2.09. The van der Waals surface area contributed by atoms with Gasteiger partial charge in [-0.25, -0.2) is 4.79 Å². The number of ketones is 1. The fraction of sp³-hybridized carbons (Fsp3) is 0.385. The summed E-state index contributed by atoms with van der Waals surface area (Å²) in [6, 6.07) is 6.78. The maximum absolute atomic E-state index is 11.9. The first-order valence-electron chi connectivity index (χ1n) is 5.93. The monoisotopic (exact) mass is 305 g/mol. The molecule has 0 heterocycles. The van der Waals surface area contributed by atoms with Crippen LogP contribution in [0.15, 0.2) is 24.3 Å². The Labute approximate surface area is 118 Å². The highest BCUT2D eigenvalue weighted by atomic mass is 19.4. The summed E-state index contributed by atoms with van der Waals surface area (Å²) in [7, 11) is 1.51. The molecule has 116 valence electrons. The summed E-state index contributed by atoms with van der Waals surface area (Å²) in [6.45, 7) is 0. The molecule has 0 radical (unpaired) electrons. The molecule has 21 heavy (non-hydrogen) atoms. The first-order valence-corrected chi connectivity index (χ1v) is 5.93. The Balaban J connectivity index is 2.47. The van der Waals surface area contributed by atoms with Crippen molar-refractivity contribution in [3.63, 3.8) is 0 Å². The number of ether oxygens (including phenoxy) is 2. The number of hydrogen-bond donors (Lipinski definition) is 1. The van der Waals surface area contributed by atoms with Crippen LogP contribution in [0.4, 0.5) is 13.2 Å². The molecule has 0 bridgehead atoms. The first kappa shape index (κ1) is 17.0. The van der Waals surface area contributed by atoms with Crippen molar-refractivity contribution in [2.45, 2.75) is 25.2 Å². The summed E-state index contributed by atoms with van der Waals surface area (Å²) < 4.78 is 44.6. The number of alkyl halides is 3. The lowest BCUT2D eigenvalue weighted by Crippen LogP contribution is -2.40. The van der Waals surface area contributed by atoms with E-state index in [-0.39, 0.29) is 12.8 Å². The molecule has 0 saturated heterocycles. The van der Waals surface area contributed by atoms with E-state index in [0.29, 0.717) is 5.75 Å². The van der Waals surface area contributed by atoms with E-state index in [9.17, 15) is 22.8 Å². The Bertz CT molecular complexity index is 499. The van der Waals surface area contributed by atoms with E-state index >= 15 is 0 Å². The minimum Gasteiger partial charge on any atom is -0.497 e. The van der Waals surface area contributed by atoms with Gasteiger partial charge in [0.2, 0.25) is 6.23 Å². The molecular weight excluding hydrogens is 291 g/mol. The molecule has 0 aliphatic carbocycles. The average molecular weight is 305 g/mol. The van der Waals surface area contributed by atoms with E-state index in [1.807, 2.05) is 0 Å². The van der Waals surface area contributed by atoms with Crippen molar-refractivity contribution in [3.8, 4) is 5.75 Å². The highest BCUT2D eigenvalue weighted by Crippen LogP contribution is 2.17. The molecule has 5 nitrogen and oxygen atoms in total. The number of methoxy groups -OCH3 is 1. The molecule has 1 rings (SSSR count). The van der Waals surface area contributed by atoms with Gasteiger partial charge in [0.1, 0.15) is 5.75 Å². The maximum atomic E-state index is 11.9. The van der Waals surface area contributed by atoms with Gasteiger partial charge in [-0.1, -0.05) is 12.1 Å². The van der Waals surface area contributed by atoms with Crippen molar-refractivity contribution < 1.29 is 32.2 Å². The van der Waals surface area contributed by atoms with Gasteiger partial charge in [0.25, 0.3) is 0 Å². The second-order valence-corrected chi connectivity index (χ2v) is 4.14. The minimum atomic E-state index is -5.17. The molecule has 1 atom stereocenters. The summed E-state index contributed by atoms with van der Waals surface area (Å²) in [4.78, 5) is 22.0. The molecule has 0 aromatic heterocycles. The van der Waals surface area contributed by atoms with Crippen LogP contribution in [0.2, 0.25) is 0 Å². The molecule has 0 aliphatic heterocycles. The van der Waals surface area contributed by atoms with Crippen molar-refractivity contribution in [1.29, 1.82) is 0 Å². The number of aryl methyl sites for hydroxylation is 1. The predicted octanol–water partition coefficient (Wildman–Crippen LogP) is 1.59. The van der Waals surface area contributed by atoms with Crippen LogP contribution < -0.4 is 10.5 Å². The number of halogens is 3. The predicted molar refractivity (Wildman–Crippen MR) is 66.4 cm³/mol. The van der Waals surface area contributed by atoms with Gasteiger partial charge in [0.05, 0.1) is 7.11 Å². The van der Waals surface area contributed by atoms with Crippen LogP contribution >= 0.6 is 0 Å². The third-order valence-corrected chi connectivity index (χ3v) is 2.60. The molecule has 0 saturated carbocycles. The van der Waals surface area contributed by atoms with Crippen LogP contribution in [-0.4, -0.2) is 31.3 Å². The lowest BCUT2D eigenvalue weighted by atomic mass is 10.1. The zero-order valence-corrected chi connectivity index (χ0v) is 11.1. The smallest absolute Gasteiger partial charge is 0.490 e. The molecule has 1 unspecified atom stereocenters. The molecule has 0 spiro atoms. The normalized spacial score (nSPS) is 12.6. The lowest BCUT2D eigenvalue weighted by molar-refractivity contribution is -0.204. The van der Waals surface area contributed by atoms with Crippen LogP contribution in [0.25, 0.3) is 0 Å². The van der Waals surface area contributed by atoms with E-state index < -0.39 is 24.2 Å². The molecular formula is C13H14F3NO4. The highest BCUT2D eigenvalue weighted by molar-refractivity contribution is 5.86. The van der Waals surface area contributed by atoms with Crippen LogP contribution in [0.5, 0.6) is 5.75 Å². The summed E-state index contributed by atoms with van der Waals surface area (Å²) in [6.07, 6.45) is -6.97. The maximum Gasteiger partial charge on any atom is 0.490 e. The molecule has 0 amide bonds. The van der Waals surface area contributed by atoms with Gasteiger partial charge in [-0.2, -0.15) is 13.2 Å². The van der Waals surface area contributed by atoms with Gasteiger partial charge in [-0.05, 0) is 24.1 Å². The second-order valence-electron chi connectivity index (χ2n) is 4.14. The SMILES string of the molecule is COc1ccc(CCC(=O)C(N)OC(=O)C(F)(F)F)cc1. The fourth-order valence-electron chi connectivity index (χ4n) is 1.45. The number of carbonyl (C=O) groups is 2. The van der Waals surface area contributed by atoms with Gasteiger partial charge in [0.15, 0.2) is 5.78 Å². The van der Waals surface area contributed by atoms with Crippen LogP contribution in [-0.2, 0) is 20.7 Å². The largest absolute Gasteiger partial charge is 0.497 e. The van der Waals surface area contributed by atoms with Gasteiger partial charge >= 0.3 is 12.1 Å². The van der Waals surface area contributed by atoms with Gasteiger partial charge in [0, 0.05) is 6.42 Å². The molecule has 1 aromatic rings. The van der Waals surface area contributed by atoms with E-state index in [0.717, 1.165) is 5.56 Å². The van der Waals surface area contributed by atoms with Gasteiger partial charge < -0.3 is 9.47 Å². The Kier molecular flexibility index (Phi) is 5.71. The summed E-state index contributed by atoms with van der Waals surface area (Å²) in [5.74, 6) is -2.63. The third-order valence-electron chi connectivity index (χ3n) is 2.60. The third kappa shape index (κ3) is 5.42. The number of esters is 1. The van der Waals surface area contributed by atoms with Gasteiger partial charge in [-0.3, -0.25) is 10.5 Å². The highest BCUT2D eigenvalue weighted by Gasteiger charge is 2.42. The number of Topliss-reactive ketones (excluding diaryl/α,β-unsaturated/α-hetero) is 1. The summed E-state index contributed by atoms with van der Waals surface area (Å²) in [5, 5.41) is 0. The fourth-order valence-corrected chi connectivity index (χ4v) is 1.45. The van der Waals surface area contributed by atoms with E-state index in [4.69, 9.17) is 10.5 Å². The molecule has 0 fully saturated rings. The molecule has 1 aromatic carbocycles. The molecule has 8 heteroatoms. The topological polar surface area (TPSA) is 78.6 Å². The van der Waals surface area contributed by atoms with E-state index in [1.165, 1.54) is 7.11 Å². The van der Waals surface area contributed by atoms with Crippen molar-refractivity contribution in [2.24, 2.45) is 5.73 Å². The lowest BCUT2D eigenvalue weighted by Gasteiger charge is -2.13. The van der Waals surface area contributed by atoms with Crippen molar-refractivity contribution in [1.82, 2.24) is 0 Å². The second kappa shape index (κ2) is 7.07. The van der Waals surface area contributed by atoms with E-state index in [1.54, 1.807) is 24.3 Å². The Morgan fingerprint density at radius 3 is 2.29 bits per heavy atom. The zero-order chi connectivity index (χ0) is 16.0. The van der Waals surface area contributed by atoms with Crippen molar-refractivity contribution in [2.75, 3.05) is 7.11 Å². The molecule has 0 aliphatic rings. The number of rotatable bonds is 6. The van der Waals surface area contributed by atoms with Gasteiger partial charge in [-0.15, -0.1) is 0 Å². The standard InChI is InChI=1S/C13H14F3NO4/c1-20-9-5-2-8(3-6-9)4-7-10(18)11(17)21-12(19)13(14,15)16/h2-3,5-6,11H,4,7,17H2,1H3. The van der Waals surface area contributed by atoms with Crippen molar-refractivity contribution in [3.05, 3.63) is 29.8 Å². The van der Waals surface area contributed by atoms with Crippen molar-refractivity contribution >= 4 is 11.8 Å². The number of hydrogen-bond acceptors (Lipinski definition) is 5. The summed E-state index contributed by atoms with van der Waals surface area (Å²) in [5.41, 5.74) is 5.89. The summed E-state index contributed by atoms with van der Waals surface area (Å²) >= 11 is 0. The number of carbonyl (C=O) groups excluding carboxylic acids is 2.